The van der Waals surface area contributed by atoms with E-state index in [2.05, 4.69) is 15.1 Å². The fraction of sp³-hybridized carbons (Fsp3) is 0.154. The van der Waals surface area contributed by atoms with Crippen LogP contribution in [0.15, 0.2) is 46.2 Å². The maximum absolute atomic E-state index is 11.6. The Morgan fingerprint density at radius 3 is 2.95 bits per heavy atom. The smallest absolute Gasteiger partial charge is 0.298 e. The van der Waals surface area contributed by atoms with E-state index in [1.165, 1.54) is 0 Å². The van der Waals surface area contributed by atoms with E-state index >= 15 is 0 Å². The van der Waals surface area contributed by atoms with Crippen LogP contribution in [0.25, 0.3) is 5.65 Å². The lowest BCUT2D eigenvalue weighted by Gasteiger charge is -1.96. The van der Waals surface area contributed by atoms with Crippen molar-refractivity contribution in [1.29, 1.82) is 0 Å². The predicted molar refractivity (Wildman–Crippen MR) is 74.1 cm³/mol. The van der Waals surface area contributed by atoms with Gasteiger partial charge >= 0.3 is 4.87 Å². The highest BCUT2D eigenvalue weighted by molar-refractivity contribution is 7.06. The number of fused-ring (bicyclic) bond motifs is 1. The highest BCUT2D eigenvalue weighted by Gasteiger charge is 2.01. The summed E-state index contributed by atoms with van der Waals surface area (Å²) in [4.78, 5) is 19.3. The molecule has 0 atom stereocenters. The Labute approximate surface area is 112 Å². The van der Waals surface area contributed by atoms with Crippen LogP contribution in [0.1, 0.15) is 11.3 Å². The van der Waals surface area contributed by atoms with Crippen LogP contribution in [0.3, 0.4) is 0 Å². The van der Waals surface area contributed by atoms with E-state index in [4.69, 9.17) is 0 Å². The second-order valence-electron chi connectivity index (χ2n) is 4.18. The van der Waals surface area contributed by atoms with E-state index in [0.29, 0.717) is 17.0 Å². The number of hydrogen-bond donors (Lipinski definition) is 1. The first-order valence-corrected chi connectivity index (χ1v) is 6.68. The first kappa shape index (κ1) is 11.9. The molecule has 1 N–H and O–H groups in total. The third-order valence-corrected chi connectivity index (χ3v) is 3.44. The summed E-state index contributed by atoms with van der Waals surface area (Å²) >= 11 is 1.06. The van der Waals surface area contributed by atoms with E-state index in [-0.39, 0.29) is 4.87 Å². The fourth-order valence-corrected chi connectivity index (χ4v) is 2.51. The maximum atomic E-state index is 11.6. The fourth-order valence-electron chi connectivity index (χ4n) is 1.83. The number of hydrogen-bond acceptors (Lipinski definition) is 4. The summed E-state index contributed by atoms with van der Waals surface area (Å²) in [5.74, 6) is 0. The van der Waals surface area contributed by atoms with Gasteiger partial charge in [0.25, 0.3) is 0 Å². The molecule has 0 spiro atoms. The van der Waals surface area contributed by atoms with Crippen molar-refractivity contribution >= 4 is 17.0 Å². The van der Waals surface area contributed by atoms with E-state index in [9.17, 15) is 4.79 Å². The molecule has 6 heteroatoms. The van der Waals surface area contributed by atoms with Gasteiger partial charge in [-0.05, 0) is 23.8 Å². The normalized spacial score (nSPS) is 12.2. The lowest BCUT2D eigenvalue weighted by molar-refractivity contribution is 0.849. The maximum Gasteiger partial charge on any atom is 0.309 e. The lowest BCUT2D eigenvalue weighted by Crippen LogP contribution is -2.19. The molecule has 5 nitrogen and oxygen atoms in total. The molecule has 0 bridgehead atoms. The minimum absolute atomic E-state index is 0.126. The van der Waals surface area contributed by atoms with Crippen LogP contribution in [0.5, 0.6) is 0 Å². The van der Waals surface area contributed by atoms with Crippen LogP contribution in [0, 0.1) is 6.92 Å². The first-order chi connectivity index (χ1) is 9.22. The van der Waals surface area contributed by atoms with Gasteiger partial charge in [0.15, 0.2) is 0 Å². The molecule has 0 aliphatic rings. The molecule has 0 radical (unpaired) electrons. The average molecular weight is 272 g/mol. The van der Waals surface area contributed by atoms with E-state index in [0.717, 1.165) is 22.6 Å². The highest BCUT2D eigenvalue weighted by Crippen LogP contribution is 2.01. The Balaban J connectivity index is 2.11. The minimum atomic E-state index is -0.126. The number of nitrogens with one attached hydrogen (secondary N) is 1. The van der Waals surface area contributed by atoms with Crippen molar-refractivity contribution in [2.75, 3.05) is 0 Å². The molecule has 0 unspecified atom stereocenters. The first-order valence-electron chi connectivity index (χ1n) is 5.86. The Kier molecular flexibility index (Phi) is 3.00. The molecule has 1 aromatic carbocycles. The standard InChI is InChI=1S/C13H12N4OS/c1-9-7-11-15-13(18)19-12(17(11)16-9)14-8-10-5-3-2-4-6-10/h2-7H,8H2,1H3,(H,15,18). The molecule has 0 aliphatic heterocycles. The Hall–Kier alpha value is -2.21. The third-order valence-electron chi connectivity index (χ3n) is 2.67. The van der Waals surface area contributed by atoms with Crippen LogP contribution < -0.4 is 9.67 Å². The van der Waals surface area contributed by atoms with Gasteiger partial charge in [-0.2, -0.15) is 9.61 Å². The number of nitrogens with zero attached hydrogens (tertiary/aromatic N) is 3. The summed E-state index contributed by atoms with van der Waals surface area (Å²) in [6.07, 6.45) is 0. The van der Waals surface area contributed by atoms with Crippen molar-refractivity contribution in [3.05, 3.63) is 62.1 Å². The Bertz CT molecular complexity index is 829. The van der Waals surface area contributed by atoms with Gasteiger partial charge in [0.2, 0.25) is 4.80 Å². The summed E-state index contributed by atoms with van der Waals surface area (Å²) in [6, 6.07) is 11.8. The van der Waals surface area contributed by atoms with Gasteiger partial charge in [-0.25, -0.2) is 0 Å². The van der Waals surface area contributed by atoms with Gasteiger partial charge in [0.1, 0.15) is 5.65 Å². The van der Waals surface area contributed by atoms with Gasteiger partial charge in [-0.15, -0.1) is 0 Å². The lowest BCUT2D eigenvalue weighted by atomic mass is 10.2. The van der Waals surface area contributed by atoms with Crippen molar-refractivity contribution in [2.24, 2.45) is 4.99 Å². The van der Waals surface area contributed by atoms with Crippen LogP contribution in [0.2, 0.25) is 0 Å². The highest BCUT2D eigenvalue weighted by atomic mass is 32.1. The summed E-state index contributed by atoms with van der Waals surface area (Å²) in [5, 5.41) is 4.33. The second-order valence-corrected chi connectivity index (χ2v) is 5.12. The van der Waals surface area contributed by atoms with E-state index in [1.54, 1.807) is 4.52 Å². The molecular weight excluding hydrogens is 260 g/mol. The average Bonchev–Trinajstić information content (AvgIpc) is 2.77. The quantitative estimate of drug-likeness (QED) is 0.768. The summed E-state index contributed by atoms with van der Waals surface area (Å²) in [7, 11) is 0. The van der Waals surface area contributed by atoms with E-state index in [1.807, 2.05) is 43.3 Å². The molecule has 3 aromatic rings. The Morgan fingerprint density at radius 2 is 2.16 bits per heavy atom. The number of aromatic nitrogens is 3. The second kappa shape index (κ2) is 4.81. The topological polar surface area (TPSA) is 62.5 Å². The molecule has 0 aliphatic carbocycles. The monoisotopic (exact) mass is 272 g/mol. The molecule has 0 fully saturated rings. The zero-order valence-corrected chi connectivity index (χ0v) is 11.1. The van der Waals surface area contributed by atoms with Crippen LogP contribution >= 0.6 is 11.3 Å². The van der Waals surface area contributed by atoms with Crippen LogP contribution in [-0.4, -0.2) is 14.6 Å². The molecule has 3 rings (SSSR count). The zero-order chi connectivity index (χ0) is 13.2. The van der Waals surface area contributed by atoms with Crippen LogP contribution in [-0.2, 0) is 6.54 Å². The Morgan fingerprint density at radius 1 is 1.37 bits per heavy atom. The largest absolute Gasteiger partial charge is 0.309 e. The van der Waals surface area contributed by atoms with Crippen molar-refractivity contribution in [2.45, 2.75) is 13.5 Å². The van der Waals surface area contributed by atoms with Gasteiger partial charge in [-0.1, -0.05) is 30.3 Å². The summed E-state index contributed by atoms with van der Waals surface area (Å²) in [5.41, 5.74) is 2.63. The number of aromatic amines is 1. The minimum Gasteiger partial charge on any atom is -0.298 e. The molecule has 96 valence electrons. The third kappa shape index (κ3) is 2.48. The molecule has 0 amide bonds. The van der Waals surface area contributed by atoms with Gasteiger partial charge < -0.3 is 0 Å². The predicted octanol–water partition coefficient (Wildman–Crippen LogP) is 1.49. The van der Waals surface area contributed by atoms with Crippen molar-refractivity contribution in [3.63, 3.8) is 0 Å². The van der Waals surface area contributed by atoms with Crippen molar-refractivity contribution in [3.8, 4) is 0 Å². The zero-order valence-electron chi connectivity index (χ0n) is 10.3. The molecule has 2 aromatic heterocycles. The summed E-state index contributed by atoms with van der Waals surface area (Å²) in [6.45, 7) is 2.42. The van der Waals surface area contributed by atoms with Gasteiger partial charge in [0.05, 0.1) is 12.2 Å². The van der Waals surface area contributed by atoms with Gasteiger partial charge in [-0.3, -0.25) is 14.8 Å². The number of H-pyrrole nitrogens is 1. The molecule has 0 saturated carbocycles. The van der Waals surface area contributed by atoms with Gasteiger partial charge in [0, 0.05) is 6.07 Å². The molecular formula is C13H12N4OS. The molecule has 19 heavy (non-hydrogen) atoms. The molecule has 0 saturated heterocycles. The number of aryl methyl sites for hydroxylation is 1. The van der Waals surface area contributed by atoms with Crippen molar-refractivity contribution in [1.82, 2.24) is 14.6 Å². The number of rotatable bonds is 2. The number of benzene rings is 1. The van der Waals surface area contributed by atoms with E-state index < -0.39 is 0 Å². The summed E-state index contributed by atoms with van der Waals surface area (Å²) < 4.78 is 1.67. The van der Waals surface area contributed by atoms with Crippen molar-refractivity contribution < 1.29 is 0 Å². The SMILES string of the molecule is Cc1cc2[nH]c(=O)sc(=NCc3ccccc3)n2n1. The van der Waals surface area contributed by atoms with Crippen LogP contribution in [0.4, 0.5) is 0 Å². The molecule has 2 heterocycles.